The zero-order valence-electron chi connectivity index (χ0n) is 23.7. The number of carbonyl (C=O) groups is 4. The number of nitrogens with two attached hydrogens (primary N) is 2. The Morgan fingerprint density at radius 3 is 1.86 bits per heavy atom. The summed E-state index contributed by atoms with van der Waals surface area (Å²) in [7, 11) is 6.32. The molecule has 1 aromatic carbocycles. The summed E-state index contributed by atoms with van der Waals surface area (Å²) >= 11 is 0. The SMILES string of the molecule is CC.CN.CNC(=O)[C@@H](N)CCOC(=O)[C@H](Cc1ccccc1)NC.CN[C@@H](CC(C)C)C(=O)C(=O)O. The fourth-order valence-corrected chi connectivity index (χ4v) is 2.83. The highest BCUT2D eigenvalue weighted by Gasteiger charge is 2.23. The van der Waals surface area contributed by atoms with E-state index in [0.717, 1.165) is 5.56 Å². The van der Waals surface area contributed by atoms with Gasteiger partial charge in [-0.05, 0) is 45.5 Å². The van der Waals surface area contributed by atoms with Crippen molar-refractivity contribution >= 4 is 23.6 Å². The molecule has 0 aliphatic heterocycles. The average Bonchev–Trinajstić information content (AvgIpc) is 2.92. The van der Waals surface area contributed by atoms with E-state index >= 15 is 0 Å². The van der Waals surface area contributed by atoms with Gasteiger partial charge in [0.1, 0.15) is 6.04 Å². The summed E-state index contributed by atoms with van der Waals surface area (Å²) in [5.74, 6) is -2.42. The number of rotatable bonds is 13. The van der Waals surface area contributed by atoms with Gasteiger partial charge < -0.3 is 37.3 Å². The highest BCUT2D eigenvalue weighted by molar-refractivity contribution is 6.34. The van der Waals surface area contributed by atoms with Crippen molar-refractivity contribution in [3.63, 3.8) is 0 Å². The fourth-order valence-electron chi connectivity index (χ4n) is 2.83. The maximum Gasteiger partial charge on any atom is 0.373 e. The second-order valence-electron chi connectivity index (χ2n) is 7.85. The van der Waals surface area contributed by atoms with Crippen LogP contribution >= 0.6 is 0 Å². The Kier molecular flexibility index (Phi) is 25.9. The van der Waals surface area contributed by atoms with Crippen LogP contribution in [-0.2, 0) is 30.3 Å². The molecule has 0 aliphatic carbocycles. The van der Waals surface area contributed by atoms with Gasteiger partial charge in [0.2, 0.25) is 5.91 Å². The lowest BCUT2D eigenvalue weighted by Gasteiger charge is -2.16. The predicted octanol–water partition coefficient (Wildman–Crippen LogP) is 0.699. The largest absolute Gasteiger partial charge is 0.475 e. The Hall–Kier alpha value is -2.86. The van der Waals surface area contributed by atoms with Gasteiger partial charge in [-0.15, -0.1) is 0 Å². The van der Waals surface area contributed by atoms with Crippen LogP contribution in [0.2, 0.25) is 0 Å². The summed E-state index contributed by atoms with van der Waals surface area (Å²) in [5, 5.41) is 16.5. The minimum absolute atomic E-state index is 0.125. The number of ether oxygens (including phenoxy) is 1. The van der Waals surface area contributed by atoms with Crippen molar-refractivity contribution in [2.45, 2.75) is 65.1 Å². The monoisotopic (exact) mass is 527 g/mol. The number of nitrogens with one attached hydrogen (secondary N) is 3. The van der Waals surface area contributed by atoms with Gasteiger partial charge in [-0.25, -0.2) is 4.79 Å². The topological polar surface area (TPSA) is 186 Å². The highest BCUT2D eigenvalue weighted by atomic mass is 16.5. The van der Waals surface area contributed by atoms with Gasteiger partial charge in [0.05, 0.1) is 18.7 Å². The Bertz CT molecular complexity index is 746. The lowest BCUT2D eigenvalue weighted by Crippen LogP contribution is -2.41. The number of carbonyl (C=O) groups excluding carboxylic acids is 3. The molecule has 0 heterocycles. The number of esters is 1. The molecule has 214 valence electrons. The van der Waals surface area contributed by atoms with E-state index in [1.807, 2.05) is 58.0 Å². The summed E-state index contributed by atoms with van der Waals surface area (Å²) in [6.07, 6.45) is 1.41. The van der Waals surface area contributed by atoms with E-state index in [1.165, 1.54) is 14.1 Å². The van der Waals surface area contributed by atoms with Crippen molar-refractivity contribution < 1.29 is 29.0 Å². The number of amides is 1. The first-order valence-corrected chi connectivity index (χ1v) is 12.4. The van der Waals surface area contributed by atoms with Crippen molar-refractivity contribution in [3.05, 3.63) is 35.9 Å². The van der Waals surface area contributed by atoms with E-state index in [4.69, 9.17) is 15.6 Å². The van der Waals surface area contributed by atoms with Crippen molar-refractivity contribution in [1.82, 2.24) is 16.0 Å². The molecule has 1 aromatic rings. The molecule has 0 aromatic heterocycles. The van der Waals surface area contributed by atoms with Crippen molar-refractivity contribution in [2.75, 3.05) is 34.8 Å². The second kappa shape index (κ2) is 24.8. The van der Waals surface area contributed by atoms with E-state index in [2.05, 4.69) is 21.7 Å². The normalized spacial score (nSPS) is 12.1. The van der Waals surface area contributed by atoms with Crippen LogP contribution in [0.3, 0.4) is 0 Å². The Labute approximate surface area is 222 Å². The molecule has 3 atom stereocenters. The molecular formula is C26H49N5O6. The maximum atomic E-state index is 12.0. The molecule has 0 bridgehead atoms. The zero-order valence-corrected chi connectivity index (χ0v) is 23.7. The van der Waals surface area contributed by atoms with Crippen LogP contribution in [0.25, 0.3) is 0 Å². The van der Waals surface area contributed by atoms with E-state index in [-0.39, 0.29) is 18.5 Å². The number of Topliss-reactive ketones (excluding diaryl/α,β-unsaturated/α-hetero) is 1. The summed E-state index contributed by atoms with van der Waals surface area (Å²) in [6.45, 7) is 8.01. The van der Waals surface area contributed by atoms with Crippen LogP contribution in [0.1, 0.15) is 46.1 Å². The first-order valence-electron chi connectivity index (χ1n) is 12.4. The van der Waals surface area contributed by atoms with Crippen LogP contribution < -0.4 is 27.4 Å². The van der Waals surface area contributed by atoms with Gasteiger partial charge in [0.15, 0.2) is 0 Å². The van der Waals surface area contributed by atoms with Crippen molar-refractivity contribution in [2.24, 2.45) is 17.4 Å². The minimum Gasteiger partial charge on any atom is -0.475 e. The highest BCUT2D eigenvalue weighted by Crippen LogP contribution is 2.06. The molecule has 37 heavy (non-hydrogen) atoms. The van der Waals surface area contributed by atoms with Crippen LogP contribution in [0.4, 0.5) is 0 Å². The third kappa shape index (κ3) is 19.0. The molecule has 0 saturated heterocycles. The predicted molar refractivity (Wildman–Crippen MR) is 147 cm³/mol. The van der Waals surface area contributed by atoms with E-state index in [0.29, 0.717) is 25.2 Å². The average molecular weight is 528 g/mol. The molecule has 8 N–H and O–H groups in total. The first-order chi connectivity index (χ1) is 17.6. The first kappa shape index (κ1) is 38.7. The fraction of sp³-hybridized carbons (Fsp3) is 0.615. The second-order valence-corrected chi connectivity index (χ2v) is 7.85. The molecule has 1 amide bonds. The van der Waals surface area contributed by atoms with Crippen LogP contribution in [-0.4, -0.2) is 81.7 Å². The molecule has 0 aliphatic rings. The number of likely N-dealkylation sites (N-methyl/N-ethyl adjacent to an activating group) is 3. The van der Waals surface area contributed by atoms with Crippen LogP contribution in [0.15, 0.2) is 30.3 Å². The van der Waals surface area contributed by atoms with Gasteiger partial charge in [0.25, 0.3) is 5.78 Å². The van der Waals surface area contributed by atoms with Crippen LogP contribution in [0, 0.1) is 5.92 Å². The number of ketones is 1. The van der Waals surface area contributed by atoms with Gasteiger partial charge in [-0.3, -0.25) is 14.4 Å². The summed E-state index contributed by atoms with van der Waals surface area (Å²) in [4.78, 5) is 44.4. The molecule has 11 heteroatoms. The number of hydrogen-bond donors (Lipinski definition) is 6. The molecule has 0 spiro atoms. The van der Waals surface area contributed by atoms with E-state index in [9.17, 15) is 19.2 Å². The molecule has 1 rings (SSSR count). The summed E-state index contributed by atoms with van der Waals surface area (Å²) < 4.78 is 5.17. The van der Waals surface area contributed by atoms with Gasteiger partial charge in [-0.2, -0.15) is 0 Å². The Balaban J connectivity index is -0.000000615. The lowest BCUT2D eigenvalue weighted by atomic mass is 10.0. The van der Waals surface area contributed by atoms with Gasteiger partial charge in [-0.1, -0.05) is 58.0 Å². The quantitative estimate of drug-likeness (QED) is 0.157. The van der Waals surface area contributed by atoms with E-state index < -0.39 is 29.9 Å². The lowest BCUT2D eigenvalue weighted by molar-refractivity contribution is -0.150. The minimum atomic E-state index is -1.37. The van der Waals surface area contributed by atoms with E-state index in [1.54, 1.807) is 14.1 Å². The molecule has 0 saturated carbocycles. The smallest absolute Gasteiger partial charge is 0.373 e. The number of carboxylic acids is 1. The van der Waals surface area contributed by atoms with Crippen molar-refractivity contribution in [1.29, 1.82) is 0 Å². The Morgan fingerprint density at radius 2 is 1.46 bits per heavy atom. The number of hydrogen-bond acceptors (Lipinski definition) is 9. The summed E-state index contributed by atoms with van der Waals surface area (Å²) in [5.41, 5.74) is 11.2. The third-order valence-corrected chi connectivity index (χ3v) is 4.75. The molecular weight excluding hydrogens is 478 g/mol. The third-order valence-electron chi connectivity index (χ3n) is 4.75. The Morgan fingerprint density at radius 1 is 0.946 bits per heavy atom. The molecule has 0 unspecified atom stereocenters. The number of aliphatic carboxylic acids is 1. The molecule has 0 fully saturated rings. The number of carboxylic acid groups (broad SMARTS) is 1. The van der Waals surface area contributed by atoms with Gasteiger partial charge >= 0.3 is 11.9 Å². The van der Waals surface area contributed by atoms with Gasteiger partial charge in [0, 0.05) is 13.5 Å². The standard InChI is InChI=1S/C15H23N3O3.C8H15NO3.C2H6.CH5N/c1-17-13(10-11-6-4-3-5-7-11)15(20)21-9-8-12(16)14(19)18-2;1-5(2)4-6(9-3)7(10)8(11)12;2*1-2/h3-7,12-13,17H,8-10,16H2,1-2H3,(H,18,19);5-6,9H,4H2,1-3H3,(H,11,12);1-2H3;2H2,1H3/t12-,13-;6-;;/m00../s1. The summed E-state index contributed by atoms with van der Waals surface area (Å²) in [6, 6.07) is 8.07. The molecule has 11 nitrogen and oxygen atoms in total. The zero-order chi connectivity index (χ0) is 29.4. The number of benzene rings is 1. The van der Waals surface area contributed by atoms with Crippen LogP contribution in [0.5, 0.6) is 0 Å². The molecule has 0 radical (unpaired) electrons. The maximum absolute atomic E-state index is 12.0. The van der Waals surface area contributed by atoms with Crippen molar-refractivity contribution in [3.8, 4) is 0 Å².